The molecule has 0 aliphatic carbocycles. The van der Waals surface area contributed by atoms with Crippen molar-refractivity contribution in [2.75, 3.05) is 0 Å². The van der Waals surface area contributed by atoms with Crippen LogP contribution in [0.25, 0.3) is 0 Å². The molecule has 198 valence electrons. The van der Waals surface area contributed by atoms with Crippen LogP contribution in [0.1, 0.15) is 147 Å². The lowest BCUT2D eigenvalue weighted by atomic mass is 9.86. The van der Waals surface area contributed by atoms with E-state index in [9.17, 15) is 29.7 Å². The summed E-state index contributed by atoms with van der Waals surface area (Å²) in [6.07, 6.45) is 13.7. The van der Waals surface area contributed by atoms with Crippen molar-refractivity contribution in [3.8, 4) is 0 Å². The third-order valence-corrected chi connectivity index (χ3v) is 6.62. The number of hydrogen-bond donors (Lipinski definition) is 3. The van der Waals surface area contributed by atoms with E-state index in [1.165, 1.54) is 31.7 Å². The number of carboxylic acids is 3. The summed E-state index contributed by atoms with van der Waals surface area (Å²) >= 11 is 0. The van der Waals surface area contributed by atoms with Crippen molar-refractivity contribution >= 4 is 17.9 Å². The molecule has 0 radical (unpaired) electrons. The van der Waals surface area contributed by atoms with E-state index in [-0.39, 0.29) is 5.56 Å². The summed E-state index contributed by atoms with van der Waals surface area (Å²) < 4.78 is 0. The molecule has 0 saturated carbocycles. The van der Waals surface area contributed by atoms with Gasteiger partial charge in [-0.3, -0.25) is 0 Å². The van der Waals surface area contributed by atoms with Crippen LogP contribution in [0.5, 0.6) is 0 Å². The van der Waals surface area contributed by atoms with E-state index in [1.54, 1.807) is 0 Å². The Kier molecular flexibility index (Phi) is 14.3. The van der Waals surface area contributed by atoms with Gasteiger partial charge in [0.15, 0.2) is 0 Å². The number of unbranched alkanes of at least 4 members (excludes halogenated alkanes) is 8. The second-order valence-corrected chi connectivity index (χ2v) is 10.6. The first-order chi connectivity index (χ1) is 16.6. The SMILES string of the molecule is CC(C)CCCCCCCc1cc(C(=O)O)c(C(=O)O)c(C(=O)O)c1CCCCCCCC(C)C. The summed E-state index contributed by atoms with van der Waals surface area (Å²) in [7, 11) is 0. The Bertz CT molecular complexity index is 825. The predicted molar refractivity (Wildman–Crippen MR) is 140 cm³/mol. The Labute approximate surface area is 211 Å². The largest absolute Gasteiger partial charge is 0.478 e. The minimum Gasteiger partial charge on any atom is -0.478 e. The summed E-state index contributed by atoms with van der Waals surface area (Å²) in [6.45, 7) is 8.85. The van der Waals surface area contributed by atoms with Crippen molar-refractivity contribution in [3.05, 3.63) is 33.9 Å². The third kappa shape index (κ3) is 11.3. The number of benzene rings is 1. The number of hydrogen-bond acceptors (Lipinski definition) is 3. The van der Waals surface area contributed by atoms with Gasteiger partial charge in [-0.2, -0.15) is 0 Å². The average Bonchev–Trinajstić information content (AvgIpc) is 2.76. The summed E-state index contributed by atoms with van der Waals surface area (Å²) in [5, 5.41) is 29.2. The zero-order valence-electron chi connectivity index (χ0n) is 22.2. The molecule has 1 aromatic rings. The summed E-state index contributed by atoms with van der Waals surface area (Å²) in [5.74, 6) is -2.90. The number of aryl methyl sites for hydroxylation is 1. The van der Waals surface area contributed by atoms with E-state index >= 15 is 0 Å². The van der Waals surface area contributed by atoms with Crippen LogP contribution in [0.4, 0.5) is 0 Å². The molecule has 0 amide bonds. The van der Waals surface area contributed by atoms with Gasteiger partial charge in [0.05, 0.1) is 16.7 Å². The van der Waals surface area contributed by atoms with E-state index < -0.39 is 29.0 Å². The lowest BCUT2D eigenvalue weighted by Gasteiger charge is -2.17. The molecule has 0 spiro atoms. The van der Waals surface area contributed by atoms with Gasteiger partial charge in [-0.05, 0) is 54.7 Å². The smallest absolute Gasteiger partial charge is 0.337 e. The van der Waals surface area contributed by atoms with Crippen LogP contribution in [0, 0.1) is 11.8 Å². The van der Waals surface area contributed by atoms with E-state index in [2.05, 4.69) is 27.7 Å². The number of carboxylic acid groups (broad SMARTS) is 3. The minimum atomic E-state index is -1.51. The van der Waals surface area contributed by atoms with Crippen LogP contribution in [0.15, 0.2) is 6.07 Å². The Morgan fingerprint density at radius 1 is 0.600 bits per heavy atom. The number of aromatic carboxylic acids is 3. The third-order valence-electron chi connectivity index (χ3n) is 6.62. The van der Waals surface area contributed by atoms with Gasteiger partial charge in [0.1, 0.15) is 0 Å². The highest BCUT2D eigenvalue weighted by Crippen LogP contribution is 2.28. The van der Waals surface area contributed by atoms with Crippen LogP contribution in [-0.4, -0.2) is 33.2 Å². The van der Waals surface area contributed by atoms with Crippen LogP contribution in [-0.2, 0) is 12.8 Å². The van der Waals surface area contributed by atoms with Crippen molar-refractivity contribution in [1.82, 2.24) is 0 Å². The van der Waals surface area contributed by atoms with Gasteiger partial charge in [0, 0.05) is 0 Å². The molecule has 0 unspecified atom stereocenters. The van der Waals surface area contributed by atoms with Crippen LogP contribution >= 0.6 is 0 Å². The molecule has 3 N–H and O–H groups in total. The fourth-order valence-electron chi connectivity index (χ4n) is 4.70. The maximum atomic E-state index is 12.2. The molecule has 0 heterocycles. The highest BCUT2D eigenvalue weighted by atomic mass is 16.4. The first-order valence-electron chi connectivity index (χ1n) is 13.4. The molecular weight excluding hydrogens is 444 g/mol. The van der Waals surface area contributed by atoms with Crippen LogP contribution < -0.4 is 0 Å². The summed E-state index contributed by atoms with van der Waals surface area (Å²) in [6, 6.07) is 1.41. The molecule has 35 heavy (non-hydrogen) atoms. The monoisotopic (exact) mass is 490 g/mol. The lowest BCUT2D eigenvalue weighted by Crippen LogP contribution is -2.19. The first kappa shape index (κ1) is 30.7. The maximum absolute atomic E-state index is 12.2. The van der Waals surface area contributed by atoms with E-state index in [1.807, 2.05) is 0 Å². The normalized spacial score (nSPS) is 11.4. The van der Waals surface area contributed by atoms with Crippen molar-refractivity contribution in [3.63, 3.8) is 0 Å². The summed E-state index contributed by atoms with van der Waals surface area (Å²) in [5.41, 5.74) is -0.202. The Morgan fingerprint density at radius 2 is 1.03 bits per heavy atom. The molecule has 0 bridgehead atoms. The molecule has 6 heteroatoms. The fraction of sp³-hybridized carbons (Fsp3) is 0.690. The highest BCUT2D eigenvalue weighted by molar-refractivity contribution is 6.10. The molecule has 0 aliphatic rings. The topological polar surface area (TPSA) is 112 Å². The first-order valence-corrected chi connectivity index (χ1v) is 13.4. The Hall–Kier alpha value is -2.37. The van der Waals surface area contributed by atoms with Crippen LogP contribution in [0.3, 0.4) is 0 Å². The Morgan fingerprint density at radius 3 is 1.46 bits per heavy atom. The summed E-state index contributed by atoms with van der Waals surface area (Å²) in [4.78, 5) is 35.9. The van der Waals surface area contributed by atoms with E-state index in [0.717, 1.165) is 51.4 Å². The number of rotatable bonds is 19. The molecule has 1 rings (SSSR count). The van der Waals surface area contributed by atoms with Crippen molar-refractivity contribution in [1.29, 1.82) is 0 Å². The van der Waals surface area contributed by atoms with Crippen molar-refractivity contribution in [2.45, 2.75) is 118 Å². The van der Waals surface area contributed by atoms with Gasteiger partial charge in [0.25, 0.3) is 0 Å². The standard InChI is InChI=1S/C29H46O6/c1-20(2)15-11-7-5-9-13-17-22-19-24(27(30)31)26(29(34)35)25(28(32)33)23(22)18-14-10-6-8-12-16-21(3)4/h19-21H,5-18H2,1-4H3,(H,30,31)(H,32,33)(H,34,35). The second kappa shape index (κ2) is 16.3. The Balaban J connectivity index is 3.01. The second-order valence-electron chi connectivity index (χ2n) is 10.6. The maximum Gasteiger partial charge on any atom is 0.337 e. The zero-order valence-corrected chi connectivity index (χ0v) is 22.2. The minimum absolute atomic E-state index is 0.343. The molecule has 6 nitrogen and oxygen atoms in total. The predicted octanol–water partition coefficient (Wildman–Crippen LogP) is 7.86. The zero-order chi connectivity index (χ0) is 26.4. The van der Waals surface area contributed by atoms with Crippen LogP contribution in [0.2, 0.25) is 0 Å². The quantitative estimate of drug-likeness (QED) is 0.170. The molecule has 0 fully saturated rings. The van der Waals surface area contributed by atoms with E-state index in [4.69, 9.17) is 0 Å². The van der Waals surface area contributed by atoms with Gasteiger partial charge in [-0.1, -0.05) is 91.9 Å². The molecule has 0 atom stereocenters. The van der Waals surface area contributed by atoms with Gasteiger partial charge in [-0.15, -0.1) is 0 Å². The fourth-order valence-corrected chi connectivity index (χ4v) is 4.70. The van der Waals surface area contributed by atoms with E-state index in [0.29, 0.717) is 35.8 Å². The molecule has 0 aromatic heterocycles. The van der Waals surface area contributed by atoms with Gasteiger partial charge < -0.3 is 15.3 Å². The molecule has 1 aromatic carbocycles. The highest BCUT2D eigenvalue weighted by Gasteiger charge is 2.29. The number of carbonyl (C=O) groups is 3. The lowest BCUT2D eigenvalue weighted by molar-refractivity contribution is 0.0632. The van der Waals surface area contributed by atoms with Gasteiger partial charge >= 0.3 is 17.9 Å². The van der Waals surface area contributed by atoms with Crippen molar-refractivity contribution < 1.29 is 29.7 Å². The average molecular weight is 491 g/mol. The molecule has 0 saturated heterocycles. The molecule has 0 aliphatic heterocycles. The van der Waals surface area contributed by atoms with Crippen molar-refractivity contribution in [2.24, 2.45) is 11.8 Å². The van der Waals surface area contributed by atoms with Gasteiger partial charge in [-0.25, -0.2) is 14.4 Å². The van der Waals surface area contributed by atoms with Gasteiger partial charge in [0.2, 0.25) is 0 Å². The molecular formula is C29H46O6.